The molecule has 0 radical (unpaired) electrons. The number of aromatic nitrogens is 1. The van der Waals surface area contributed by atoms with E-state index in [0.717, 1.165) is 22.5 Å². The van der Waals surface area contributed by atoms with Crippen molar-refractivity contribution in [2.24, 2.45) is 0 Å². The maximum absolute atomic E-state index is 13.3. The average molecular weight is 499 g/mol. The van der Waals surface area contributed by atoms with E-state index in [-0.39, 0.29) is 18.6 Å². The molecule has 1 heterocycles. The van der Waals surface area contributed by atoms with Gasteiger partial charge < -0.3 is 25.3 Å². The summed E-state index contributed by atoms with van der Waals surface area (Å²) in [6.45, 7) is 0.869. The Labute approximate surface area is 205 Å². The van der Waals surface area contributed by atoms with Crippen molar-refractivity contribution < 1.29 is 32.9 Å². The van der Waals surface area contributed by atoms with Crippen LogP contribution in [-0.4, -0.2) is 39.6 Å². The highest BCUT2D eigenvalue weighted by Crippen LogP contribution is 2.33. The molecule has 9 heteroatoms. The summed E-state index contributed by atoms with van der Waals surface area (Å²) in [6, 6.07) is 18.1. The third kappa shape index (κ3) is 5.53. The van der Waals surface area contributed by atoms with Crippen molar-refractivity contribution in [3.8, 4) is 16.9 Å². The fourth-order valence-corrected chi connectivity index (χ4v) is 4.21. The first kappa shape index (κ1) is 25.3. The summed E-state index contributed by atoms with van der Waals surface area (Å²) in [6.07, 6.45) is -3.01. The Hall–Kier alpha value is -3.82. The van der Waals surface area contributed by atoms with Gasteiger partial charge >= 0.3 is 6.36 Å². The maximum atomic E-state index is 13.3. The molecule has 1 atom stereocenters. The summed E-state index contributed by atoms with van der Waals surface area (Å²) in [5, 5.41) is 23.4. The van der Waals surface area contributed by atoms with Crippen LogP contribution in [0.2, 0.25) is 0 Å². The van der Waals surface area contributed by atoms with Gasteiger partial charge in [-0.2, -0.15) is 0 Å². The van der Waals surface area contributed by atoms with Crippen LogP contribution in [0.5, 0.6) is 5.75 Å². The number of rotatable bonds is 8. The SMILES string of the molecule is CC(CO)(Cc1c[nH]c2ccccc12)NC(=O)c1cc(-c2ccccc2CO)ccc1OC(F)(F)F. The van der Waals surface area contributed by atoms with Crippen molar-refractivity contribution in [1.29, 1.82) is 0 Å². The second kappa shape index (κ2) is 10.0. The molecule has 4 N–H and O–H groups in total. The smallest absolute Gasteiger partial charge is 0.405 e. The van der Waals surface area contributed by atoms with Gasteiger partial charge in [0.1, 0.15) is 5.75 Å². The van der Waals surface area contributed by atoms with Crippen LogP contribution in [0.4, 0.5) is 13.2 Å². The Bertz CT molecular complexity index is 1380. The number of hydrogen-bond acceptors (Lipinski definition) is 4. The number of amides is 1. The number of nitrogens with one attached hydrogen (secondary N) is 2. The predicted molar refractivity (Wildman–Crippen MR) is 129 cm³/mol. The third-order valence-corrected chi connectivity index (χ3v) is 5.97. The molecule has 0 saturated heterocycles. The van der Waals surface area contributed by atoms with E-state index in [2.05, 4.69) is 15.0 Å². The van der Waals surface area contributed by atoms with Crippen LogP contribution >= 0.6 is 0 Å². The van der Waals surface area contributed by atoms with Crippen LogP contribution in [0, 0.1) is 0 Å². The molecule has 1 amide bonds. The highest BCUT2D eigenvalue weighted by Gasteiger charge is 2.34. The number of para-hydroxylation sites is 1. The van der Waals surface area contributed by atoms with Gasteiger partial charge in [0.05, 0.1) is 24.3 Å². The molecule has 36 heavy (non-hydrogen) atoms. The van der Waals surface area contributed by atoms with E-state index in [0.29, 0.717) is 16.7 Å². The molecule has 0 saturated carbocycles. The number of hydrogen-bond donors (Lipinski definition) is 4. The molecule has 0 aliphatic carbocycles. The first-order valence-electron chi connectivity index (χ1n) is 11.2. The fraction of sp³-hybridized carbons (Fsp3) is 0.222. The maximum Gasteiger partial charge on any atom is 0.573 e. The van der Waals surface area contributed by atoms with Crippen molar-refractivity contribution in [3.05, 3.63) is 89.6 Å². The van der Waals surface area contributed by atoms with Gasteiger partial charge in [-0.15, -0.1) is 13.2 Å². The quantitative estimate of drug-likeness (QED) is 0.277. The number of carbonyl (C=O) groups is 1. The van der Waals surface area contributed by atoms with Gasteiger partial charge in [-0.1, -0.05) is 48.5 Å². The van der Waals surface area contributed by atoms with Gasteiger partial charge in [-0.05, 0) is 53.8 Å². The number of halogens is 3. The number of aliphatic hydroxyl groups is 2. The van der Waals surface area contributed by atoms with Crippen molar-refractivity contribution in [3.63, 3.8) is 0 Å². The fourth-order valence-electron chi connectivity index (χ4n) is 4.21. The monoisotopic (exact) mass is 498 g/mol. The molecule has 3 aromatic carbocycles. The highest BCUT2D eigenvalue weighted by molar-refractivity contribution is 5.99. The van der Waals surface area contributed by atoms with E-state index in [1.807, 2.05) is 24.3 Å². The molecule has 1 aromatic heterocycles. The summed E-state index contributed by atoms with van der Waals surface area (Å²) in [4.78, 5) is 16.5. The Morgan fingerprint density at radius 3 is 2.44 bits per heavy atom. The molecule has 0 aliphatic rings. The van der Waals surface area contributed by atoms with Crippen LogP contribution in [0.25, 0.3) is 22.0 Å². The molecule has 0 bridgehead atoms. The Morgan fingerprint density at radius 2 is 1.72 bits per heavy atom. The number of H-pyrrole nitrogens is 1. The summed E-state index contributed by atoms with van der Waals surface area (Å²) in [5.41, 5.74) is 1.73. The van der Waals surface area contributed by atoms with Crippen LogP contribution < -0.4 is 10.1 Å². The molecule has 6 nitrogen and oxygen atoms in total. The first-order valence-corrected chi connectivity index (χ1v) is 11.2. The largest absolute Gasteiger partial charge is 0.573 e. The number of ether oxygens (including phenoxy) is 1. The van der Waals surface area contributed by atoms with Crippen molar-refractivity contribution in [2.75, 3.05) is 6.61 Å². The zero-order valence-electron chi connectivity index (χ0n) is 19.4. The standard InChI is InChI=1S/C27H25F3N2O4/c1-26(16-34,13-19-14-31-23-9-5-4-8-21(19)23)32-25(35)22-12-17(10-11-24(22)36-27(28,29)30)20-7-3-2-6-18(20)15-33/h2-12,14,31,33-34H,13,15-16H2,1H3,(H,32,35). The van der Waals surface area contributed by atoms with Gasteiger partial charge in [-0.3, -0.25) is 4.79 Å². The van der Waals surface area contributed by atoms with Gasteiger partial charge in [0, 0.05) is 17.1 Å². The number of fused-ring (bicyclic) bond motifs is 1. The number of benzene rings is 3. The van der Waals surface area contributed by atoms with E-state index in [9.17, 15) is 28.2 Å². The van der Waals surface area contributed by atoms with Crippen molar-refractivity contribution in [2.45, 2.75) is 31.9 Å². The predicted octanol–water partition coefficient (Wildman–Crippen LogP) is 4.95. The van der Waals surface area contributed by atoms with Gasteiger partial charge in [0.25, 0.3) is 5.91 Å². The lowest BCUT2D eigenvalue weighted by atomic mass is 9.92. The molecule has 0 fully saturated rings. The zero-order valence-corrected chi connectivity index (χ0v) is 19.4. The molecular weight excluding hydrogens is 473 g/mol. The number of carbonyl (C=O) groups excluding carboxylic acids is 1. The lowest BCUT2D eigenvalue weighted by molar-refractivity contribution is -0.274. The molecule has 0 spiro atoms. The normalized spacial score (nSPS) is 13.4. The van der Waals surface area contributed by atoms with Crippen LogP contribution in [-0.2, 0) is 13.0 Å². The lowest BCUT2D eigenvalue weighted by Gasteiger charge is -2.29. The minimum absolute atomic E-state index is 0.224. The number of aliphatic hydroxyl groups excluding tert-OH is 2. The van der Waals surface area contributed by atoms with Crippen LogP contribution in [0.3, 0.4) is 0 Å². The summed E-state index contributed by atoms with van der Waals surface area (Å²) >= 11 is 0. The highest BCUT2D eigenvalue weighted by atomic mass is 19.4. The summed E-state index contributed by atoms with van der Waals surface area (Å²) in [5.74, 6) is -1.51. The number of aromatic amines is 1. The third-order valence-electron chi connectivity index (χ3n) is 5.97. The van der Waals surface area contributed by atoms with Gasteiger partial charge in [0.15, 0.2) is 0 Å². The van der Waals surface area contributed by atoms with Crippen molar-refractivity contribution in [1.82, 2.24) is 10.3 Å². The topological polar surface area (TPSA) is 94.6 Å². The zero-order chi connectivity index (χ0) is 25.9. The minimum atomic E-state index is -5.01. The molecule has 4 aromatic rings. The van der Waals surface area contributed by atoms with Gasteiger partial charge in [-0.25, -0.2) is 0 Å². The molecule has 1 unspecified atom stereocenters. The van der Waals surface area contributed by atoms with Gasteiger partial charge in [0.2, 0.25) is 0 Å². The minimum Gasteiger partial charge on any atom is -0.405 e. The average Bonchev–Trinajstić information content (AvgIpc) is 3.25. The van der Waals surface area contributed by atoms with Crippen molar-refractivity contribution >= 4 is 16.8 Å². The molecule has 4 rings (SSSR count). The molecule has 0 aliphatic heterocycles. The second-order valence-corrected chi connectivity index (χ2v) is 8.78. The first-order chi connectivity index (χ1) is 17.1. The molecule has 188 valence electrons. The summed E-state index contributed by atoms with van der Waals surface area (Å²) < 4.78 is 43.4. The Morgan fingerprint density at radius 1 is 1.00 bits per heavy atom. The Kier molecular flexibility index (Phi) is 7.05. The molecular formula is C27H25F3N2O4. The lowest BCUT2D eigenvalue weighted by Crippen LogP contribution is -2.50. The van der Waals surface area contributed by atoms with E-state index < -0.39 is 30.2 Å². The van der Waals surface area contributed by atoms with E-state index in [4.69, 9.17) is 0 Å². The van der Waals surface area contributed by atoms with E-state index >= 15 is 0 Å². The van der Waals surface area contributed by atoms with E-state index in [1.54, 1.807) is 37.4 Å². The Balaban J connectivity index is 1.69. The van der Waals surface area contributed by atoms with Crippen LogP contribution in [0.1, 0.15) is 28.4 Å². The van der Waals surface area contributed by atoms with Crippen LogP contribution in [0.15, 0.2) is 72.9 Å². The van der Waals surface area contributed by atoms with E-state index in [1.165, 1.54) is 12.1 Å². The number of alkyl halides is 3. The summed E-state index contributed by atoms with van der Waals surface area (Å²) in [7, 11) is 0. The second-order valence-electron chi connectivity index (χ2n) is 8.78.